The fourth-order valence-corrected chi connectivity index (χ4v) is 1.07. The molecule has 1 aromatic heterocycles. The largest absolute Gasteiger partial charge is 0.512 e. The van der Waals surface area contributed by atoms with Crippen LogP contribution in [-0.4, -0.2) is 16.4 Å². The predicted molar refractivity (Wildman–Crippen MR) is 34.6 cm³/mol. The van der Waals surface area contributed by atoms with Crippen molar-refractivity contribution in [2.75, 3.05) is 0 Å². The third-order valence-electron chi connectivity index (χ3n) is 0.790. The minimum atomic E-state index is -1.42. The Hall–Kier alpha value is -1.23. The van der Waals surface area contributed by atoms with Gasteiger partial charge in [0.15, 0.2) is 5.75 Å². The van der Waals surface area contributed by atoms with Crippen molar-refractivity contribution in [2.24, 2.45) is 0 Å². The van der Waals surface area contributed by atoms with Crippen molar-refractivity contribution in [1.82, 2.24) is 0 Å². The van der Waals surface area contributed by atoms with E-state index in [1.165, 1.54) is 11.4 Å². The van der Waals surface area contributed by atoms with Crippen LogP contribution in [0.2, 0.25) is 0 Å². The van der Waals surface area contributed by atoms with Gasteiger partial charge in [0.25, 0.3) is 0 Å². The monoisotopic (exact) mass is 160 g/mol. The van der Waals surface area contributed by atoms with E-state index in [1.807, 2.05) is 0 Å². The number of carboxylic acid groups (broad SMARTS) is 1. The van der Waals surface area contributed by atoms with Crippen LogP contribution in [0.3, 0.4) is 0 Å². The highest BCUT2D eigenvalue weighted by atomic mass is 32.1. The van der Waals surface area contributed by atoms with Gasteiger partial charge >= 0.3 is 6.16 Å². The number of hydrogen-bond acceptors (Lipinski definition) is 4. The molecule has 5 heteroatoms. The summed E-state index contributed by atoms with van der Waals surface area (Å²) in [5.74, 6) is -0.146. The summed E-state index contributed by atoms with van der Waals surface area (Å²) in [6, 6.07) is 1.36. The van der Waals surface area contributed by atoms with E-state index in [0.717, 1.165) is 11.3 Å². The molecule has 0 aliphatic heterocycles. The number of aromatic hydroxyl groups is 1. The van der Waals surface area contributed by atoms with Gasteiger partial charge in [-0.2, -0.15) is 0 Å². The van der Waals surface area contributed by atoms with Crippen LogP contribution in [0.15, 0.2) is 11.4 Å². The first-order valence-electron chi connectivity index (χ1n) is 2.37. The number of carbonyl (C=O) groups is 1. The van der Waals surface area contributed by atoms with E-state index in [4.69, 9.17) is 10.2 Å². The summed E-state index contributed by atoms with van der Waals surface area (Å²) in [6.45, 7) is 0. The van der Waals surface area contributed by atoms with Gasteiger partial charge in [0, 0.05) is 0 Å². The van der Waals surface area contributed by atoms with E-state index < -0.39 is 6.16 Å². The fourth-order valence-electron chi connectivity index (χ4n) is 0.444. The van der Waals surface area contributed by atoms with E-state index >= 15 is 0 Å². The number of ether oxygens (including phenoxy) is 1. The summed E-state index contributed by atoms with van der Waals surface area (Å²) in [5, 5.41) is 18.4. The van der Waals surface area contributed by atoms with Crippen LogP contribution in [0.4, 0.5) is 4.79 Å². The summed E-state index contributed by atoms with van der Waals surface area (Å²) < 4.78 is 4.17. The normalized spacial score (nSPS) is 9.20. The summed E-state index contributed by atoms with van der Waals surface area (Å²) in [6.07, 6.45) is -1.42. The molecule has 2 N–H and O–H groups in total. The second-order valence-corrected chi connectivity index (χ2v) is 2.34. The SMILES string of the molecule is O=C(O)Oc1sccc1O. The molecule has 0 radical (unpaired) electrons. The predicted octanol–water partition coefficient (Wildman–Crippen LogP) is 1.51. The third kappa shape index (κ3) is 1.38. The van der Waals surface area contributed by atoms with Gasteiger partial charge in [-0.1, -0.05) is 0 Å². The Kier molecular flexibility index (Phi) is 1.77. The summed E-state index contributed by atoms with van der Waals surface area (Å²) in [4.78, 5) is 9.89. The van der Waals surface area contributed by atoms with Crippen molar-refractivity contribution in [3.05, 3.63) is 11.4 Å². The summed E-state index contributed by atoms with van der Waals surface area (Å²) >= 11 is 1.02. The maximum absolute atomic E-state index is 9.89. The first-order valence-corrected chi connectivity index (χ1v) is 3.25. The zero-order chi connectivity index (χ0) is 7.56. The molecule has 1 aromatic rings. The molecule has 10 heavy (non-hydrogen) atoms. The van der Waals surface area contributed by atoms with Crippen molar-refractivity contribution in [2.45, 2.75) is 0 Å². The van der Waals surface area contributed by atoms with Crippen molar-refractivity contribution in [3.63, 3.8) is 0 Å². The van der Waals surface area contributed by atoms with Gasteiger partial charge in [0.05, 0.1) is 0 Å². The molecule has 0 amide bonds. The van der Waals surface area contributed by atoms with Crippen LogP contribution in [0.25, 0.3) is 0 Å². The highest BCUT2D eigenvalue weighted by Crippen LogP contribution is 2.31. The Morgan fingerprint density at radius 1 is 1.70 bits per heavy atom. The van der Waals surface area contributed by atoms with Crippen molar-refractivity contribution >= 4 is 17.5 Å². The van der Waals surface area contributed by atoms with Crippen LogP contribution < -0.4 is 4.74 Å². The molecule has 0 aliphatic rings. The maximum atomic E-state index is 9.89. The van der Waals surface area contributed by atoms with Gasteiger partial charge < -0.3 is 14.9 Å². The average molecular weight is 160 g/mol. The molecule has 0 unspecified atom stereocenters. The lowest BCUT2D eigenvalue weighted by Crippen LogP contribution is -2.01. The lowest BCUT2D eigenvalue weighted by molar-refractivity contribution is 0.144. The van der Waals surface area contributed by atoms with E-state index in [-0.39, 0.29) is 10.8 Å². The molecule has 0 saturated carbocycles. The standard InChI is InChI=1S/C5H4O4S/c6-3-1-2-10-4(3)9-5(7)8/h1-2,6H,(H,7,8). The minimum Gasteiger partial charge on any atom is -0.504 e. The van der Waals surface area contributed by atoms with Gasteiger partial charge in [-0.05, 0) is 11.4 Å². The van der Waals surface area contributed by atoms with Crippen molar-refractivity contribution < 1.29 is 19.7 Å². The van der Waals surface area contributed by atoms with E-state index in [1.54, 1.807) is 0 Å². The lowest BCUT2D eigenvalue weighted by atomic mass is 10.6. The molecule has 0 bridgehead atoms. The van der Waals surface area contributed by atoms with Gasteiger partial charge in [0.2, 0.25) is 5.06 Å². The Balaban J connectivity index is 2.74. The van der Waals surface area contributed by atoms with E-state index in [2.05, 4.69) is 4.74 Å². The molecule has 0 fully saturated rings. The quantitative estimate of drug-likeness (QED) is 0.611. The zero-order valence-corrected chi connectivity index (χ0v) is 5.59. The van der Waals surface area contributed by atoms with E-state index in [0.29, 0.717) is 0 Å². The molecule has 0 aromatic carbocycles. The number of thiophene rings is 1. The molecule has 1 heterocycles. The second-order valence-electron chi connectivity index (χ2n) is 1.46. The van der Waals surface area contributed by atoms with Gasteiger partial charge in [-0.3, -0.25) is 0 Å². The highest BCUT2D eigenvalue weighted by Gasteiger charge is 2.06. The van der Waals surface area contributed by atoms with E-state index in [9.17, 15) is 4.79 Å². The van der Waals surface area contributed by atoms with Crippen molar-refractivity contribution in [1.29, 1.82) is 0 Å². The van der Waals surface area contributed by atoms with Gasteiger partial charge in [-0.15, -0.1) is 11.3 Å². The maximum Gasteiger partial charge on any atom is 0.512 e. The van der Waals surface area contributed by atoms with Crippen LogP contribution in [0.5, 0.6) is 10.8 Å². The Morgan fingerprint density at radius 3 is 2.80 bits per heavy atom. The molecular weight excluding hydrogens is 156 g/mol. The topological polar surface area (TPSA) is 66.8 Å². The molecule has 4 nitrogen and oxygen atoms in total. The van der Waals surface area contributed by atoms with Crippen LogP contribution in [-0.2, 0) is 0 Å². The first-order chi connectivity index (χ1) is 4.70. The van der Waals surface area contributed by atoms with Crippen LogP contribution in [0.1, 0.15) is 0 Å². The molecule has 0 spiro atoms. The third-order valence-corrected chi connectivity index (χ3v) is 1.57. The van der Waals surface area contributed by atoms with Crippen molar-refractivity contribution in [3.8, 4) is 10.8 Å². The summed E-state index contributed by atoms with van der Waals surface area (Å²) in [7, 11) is 0. The molecule has 0 aliphatic carbocycles. The Labute approximate surface area is 60.3 Å². The van der Waals surface area contributed by atoms with Gasteiger partial charge in [-0.25, -0.2) is 4.79 Å². The second kappa shape index (κ2) is 2.57. The highest BCUT2D eigenvalue weighted by molar-refractivity contribution is 7.12. The van der Waals surface area contributed by atoms with Crippen LogP contribution in [0, 0.1) is 0 Å². The summed E-state index contributed by atoms with van der Waals surface area (Å²) in [5.41, 5.74) is 0. The van der Waals surface area contributed by atoms with Crippen LogP contribution >= 0.6 is 11.3 Å². The lowest BCUT2D eigenvalue weighted by Gasteiger charge is -1.93. The molecule has 0 atom stereocenters. The number of rotatable bonds is 1. The number of hydrogen-bond donors (Lipinski definition) is 2. The molecule has 0 saturated heterocycles. The minimum absolute atomic E-state index is 0.00694. The Bertz CT molecular complexity index is 242. The molecule has 54 valence electrons. The van der Waals surface area contributed by atoms with Gasteiger partial charge in [0.1, 0.15) is 0 Å². The zero-order valence-electron chi connectivity index (χ0n) is 4.77. The molecular formula is C5H4O4S. The smallest absolute Gasteiger partial charge is 0.504 e. The first kappa shape index (κ1) is 6.88. The average Bonchev–Trinajstić information content (AvgIpc) is 2.15. The Morgan fingerprint density at radius 2 is 2.40 bits per heavy atom. The fraction of sp³-hybridized carbons (Fsp3) is 0. The molecule has 1 rings (SSSR count).